The van der Waals surface area contributed by atoms with Crippen molar-refractivity contribution in [3.63, 3.8) is 0 Å². The summed E-state index contributed by atoms with van der Waals surface area (Å²) in [5.74, 6) is 0.500. The molecular weight excluding hydrogens is 346 g/mol. The third kappa shape index (κ3) is 2.95. The van der Waals surface area contributed by atoms with Crippen LogP contribution >= 0.6 is 11.3 Å². The quantitative estimate of drug-likeness (QED) is 0.575. The molecule has 0 aliphatic heterocycles. The van der Waals surface area contributed by atoms with E-state index in [0.29, 0.717) is 5.69 Å². The van der Waals surface area contributed by atoms with Gasteiger partial charge in [0, 0.05) is 22.8 Å². The minimum Gasteiger partial charge on any atom is -0.497 e. The zero-order valence-corrected chi connectivity index (χ0v) is 15.2. The van der Waals surface area contributed by atoms with Crippen molar-refractivity contribution >= 4 is 27.9 Å². The Morgan fingerprint density at radius 3 is 2.77 bits per heavy atom. The maximum absolute atomic E-state index is 12.9. The normalized spacial score (nSPS) is 10.8. The molecule has 2 aromatic heterocycles. The van der Waals surface area contributed by atoms with Crippen LogP contribution in [0, 0.1) is 6.92 Å². The number of benzene rings is 2. The summed E-state index contributed by atoms with van der Waals surface area (Å²) in [5, 5.41) is 4.89. The van der Waals surface area contributed by atoms with Gasteiger partial charge in [-0.25, -0.2) is 4.98 Å². The molecule has 0 unspecified atom stereocenters. The van der Waals surface area contributed by atoms with Gasteiger partial charge < -0.3 is 10.1 Å². The van der Waals surface area contributed by atoms with Crippen LogP contribution in [0.25, 0.3) is 16.2 Å². The fourth-order valence-electron chi connectivity index (χ4n) is 2.82. The van der Waals surface area contributed by atoms with Gasteiger partial charge in [-0.05, 0) is 31.2 Å². The fourth-order valence-corrected chi connectivity index (χ4v) is 3.53. The van der Waals surface area contributed by atoms with Crippen LogP contribution in [0.5, 0.6) is 5.75 Å². The number of hydrogen-bond acceptors (Lipinski definition) is 4. The second-order valence-corrected chi connectivity index (χ2v) is 6.79. The number of methoxy groups -OCH3 is 1. The van der Waals surface area contributed by atoms with E-state index in [-0.39, 0.29) is 5.91 Å². The van der Waals surface area contributed by atoms with Crippen LogP contribution in [0.3, 0.4) is 0 Å². The predicted octanol–water partition coefficient (Wildman–Crippen LogP) is 4.63. The minimum atomic E-state index is -0.234. The zero-order valence-electron chi connectivity index (χ0n) is 14.4. The van der Waals surface area contributed by atoms with E-state index in [1.54, 1.807) is 7.11 Å². The van der Waals surface area contributed by atoms with Crippen LogP contribution in [0.2, 0.25) is 0 Å². The summed E-state index contributed by atoms with van der Waals surface area (Å²) >= 11 is 1.49. The topological polar surface area (TPSA) is 55.6 Å². The molecule has 2 aromatic carbocycles. The molecule has 0 saturated heterocycles. The number of ether oxygens (including phenoxy) is 1. The highest BCUT2D eigenvalue weighted by atomic mass is 32.1. The maximum Gasteiger partial charge on any atom is 0.276 e. The van der Waals surface area contributed by atoms with Crippen LogP contribution < -0.4 is 10.1 Å². The molecule has 0 aliphatic rings. The summed E-state index contributed by atoms with van der Waals surface area (Å²) in [6.45, 7) is 2.01. The van der Waals surface area contributed by atoms with Crippen molar-refractivity contribution in [2.75, 3.05) is 12.4 Å². The van der Waals surface area contributed by atoms with E-state index in [1.165, 1.54) is 11.3 Å². The zero-order chi connectivity index (χ0) is 18.1. The van der Waals surface area contributed by atoms with Crippen molar-refractivity contribution in [2.45, 2.75) is 6.92 Å². The Morgan fingerprint density at radius 1 is 1.19 bits per heavy atom. The lowest BCUT2D eigenvalue weighted by Gasteiger charge is -2.08. The molecule has 0 bridgehead atoms. The summed E-state index contributed by atoms with van der Waals surface area (Å²) in [6, 6.07) is 15.3. The van der Waals surface area contributed by atoms with Crippen LogP contribution in [0.1, 0.15) is 16.1 Å². The number of thiazole rings is 1. The first kappa shape index (κ1) is 16.4. The molecular formula is C20H17N3O2S. The van der Waals surface area contributed by atoms with Crippen LogP contribution in [0.15, 0.2) is 60.1 Å². The summed E-state index contributed by atoms with van der Waals surface area (Å²) in [7, 11) is 1.63. The Kier molecular flexibility index (Phi) is 4.18. The Labute approximate surface area is 154 Å². The Bertz CT molecular complexity index is 1080. The lowest BCUT2D eigenvalue weighted by molar-refractivity contribution is 0.102. The molecule has 4 rings (SSSR count). The highest BCUT2D eigenvalue weighted by Gasteiger charge is 2.21. The predicted molar refractivity (Wildman–Crippen MR) is 104 cm³/mol. The highest BCUT2D eigenvalue weighted by Crippen LogP contribution is 2.30. The van der Waals surface area contributed by atoms with Gasteiger partial charge in [0.15, 0.2) is 10.7 Å². The molecule has 2 heterocycles. The summed E-state index contributed by atoms with van der Waals surface area (Å²) in [6.07, 6.45) is 1.92. The van der Waals surface area contributed by atoms with Crippen LogP contribution in [0.4, 0.5) is 5.69 Å². The third-order valence-electron chi connectivity index (χ3n) is 4.13. The largest absolute Gasteiger partial charge is 0.497 e. The molecule has 0 saturated carbocycles. The average molecular weight is 363 g/mol. The van der Waals surface area contributed by atoms with Gasteiger partial charge in [-0.15, -0.1) is 11.3 Å². The Morgan fingerprint density at radius 2 is 2.00 bits per heavy atom. The first-order valence-electron chi connectivity index (χ1n) is 8.14. The second kappa shape index (κ2) is 6.65. The number of anilines is 1. The van der Waals surface area contributed by atoms with Gasteiger partial charge in [0.25, 0.3) is 5.91 Å². The molecule has 1 N–H and O–H groups in total. The number of aromatic nitrogens is 2. The lowest BCUT2D eigenvalue weighted by Crippen LogP contribution is -2.13. The molecule has 26 heavy (non-hydrogen) atoms. The molecule has 0 radical (unpaired) electrons. The maximum atomic E-state index is 12.9. The van der Waals surface area contributed by atoms with E-state index in [0.717, 1.165) is 33.2 Å². The minimum absolute atomic E-state index is 0.234. The second-order valence-electron chi connectivity index (χ2n) is 5.92. The first-order chi connectivity index (χ1) is 12.7. The number of amides is 1. The van der Waals surface area contributed by atoms with E-state index < -0.39 is 0 Å². The van der Waals surface area contributed by atoms with Crippen molar-refractivity contribution in [3.05, 3.63) is 71.4 Å². The number of nitrogens with zero attached hydrogens (tertiary/aromatic N) is 2. The number of carbonyl (C=O) groups is 1. The summed E-state index contributed by atoms with van der Waals surface area (Å²) in [5.41, 5.74) is 3.91. The van der Waals surface area contributed by atoms with Gasteiger partial charge in [0.1, 0.15) is 5.75 Å². The number of carbonyl (C=O) groups excluding carboxylic acids is 1. The van der Waals surface area contributed by atoms with E-state index in [2.05, 4.69) is 10.3 Å². The average Bonchev–Trinajstić information content (AvgIpc) is 3.24. The molecule has 5 nitrogen and oxygen atoms in total. The van der Waals surface area contributed by atoms with Gasteiger partial charge in [-0.1, -0.05) is 29.8 Å². The Balaban J connectivity index is 1.78. The van der Waals surface area contributed by atoms with Gasteiger partial charge in [0.05, 0.1) is 12.8 Å². The van der Waals surface area contributed by atoms with E-state index >= 15 is 0 Å². The first-order valence-corrected chi connectivity index (χ1v) is 9.01. The summed E-state index contributed by atoms with van der Waals surface area (Å²) < 4.78 is 7.26. The lowest BCUT2D eigenvalue weighted by atomic mass is 10.1. The van der Waals surface area contributed by atoms with Gasteiger partial charge in [-0.2, -0.15) is 0 Å². The fraction of sp³-hybridized carbons (Fsp3) is 0.100. The molecule has 0 atom stereocenters. The van der Waals surface area contributed by atoms with Crippen molar-refractivity contribution in [2.24, 2.45) is 0 Å². The number of fused-ring (bicyclic) bond motifs is 1. The van der Waals surface area contributed by atoms with Crippen molar-refractivity contribution < 1.29 is 9.53 Å². The third-order valence-corrected chi connectivity index (χ3v) is 4.89. The van der Waals surface area contributed by atoms with Crippen LogP contribution in [-0.4, -0.2) is 22.4 Å². The number of aryl methyl sites for hydroxylation is 1. The molecule has 6 heteroatoms. The number of imidazole rings is 1. The smallest absolute Gasteiger partial charge is 0.276 e. The SMILES string of the molecule is COc1cccc(-c2c(C(=O)Nc3ccc(C)cc3)nc3sccn23)c1. The van der Waals surface area contributed by atoms with E-state index in [4.69, 9.17) is 4.74 Å². The van der Waals surface area contributed by atoms with Gasteiger partial charge in [-0.3, -0.25) is 9.20 Å². The van der Waals surface area contributed by atoms with Crippen molar-refractivity contribution in [1.29, 1.82) is 0 Å². The van der Waals surface area contributed by atoms with Gasteiger partial charge >= 0.3 is 0 Å². The van der Waals surface area contributed by atoms with Crippen molar-refractivity contribution in [1.82, 2.24) is 9.38 Å². The number of hydrogen-bond donors (Lipinski definition) is 1. The molecule has 130 valence electrons. The molecule has 0 fully saturated rings. The van der Waals surface area contributed by atoms with E-state index in [9.17, 15) is 4.79 Å². The number of rotatable bonds is 4. The van der Waals surface area contributed by atoms with Crippen molar-refractivity contribution in [3.8, 4) is 17.0 Å². The highest BCUT2D eigenvalue weighted by molar-refractivity contribution is 7.15. The standard InChI is InChI=1S/C20H17N3O2S/c1-13-6-8-15(9-7-13)21-19(24)17-18(23-10-11-26-20(23)22-17)14-4-3-5-16(12-14)25-2/h3-12H,1-2H3,(H,21,24). The van der Waals surface area contributed by atoms with E-state index in [1.807, 2.05) is 71.4 Å². The summed E-state index contributed by atoms with van der Waals surface area (Å²) in [4.78, 5) is 18.2. The van der Waals surface area contributed by atoms with Crippen LogP contribution in [-0.2, 0) is 0 Å². The monoisotopic (exact) mass is 363 g/mol. The van der Waals surface area contributed by atoms with Gasteiger partial charge in [0.2, 0.25) is 0 Å². The molecule has 1 amide bonds. The molecule has 0 aliphatic carbocycles. The Hall–Kier alpha value is -3.12. The number of nitrogens with one attached hydrogen (secondary N) is 1. The molecule has 0 spiro atoms. The molecule has 4 aromatic rings.